The molecule has 1 amide bonds. The molecule has 4 aromatic rings. The van der Waals surface area contributed by atoms with E-state index in [9.17, 15) is 23.2 Å². The number of nitrogen functional groups attached to an aromatic ring is 1. The van der Waals surface area contributed by atoms with Crippen molar-refractivity contribution in [2.75, 3.05) is 36.7 Å². The van der Waals surface area contributed by atoms with E-state index in [1.54, 1.807) is 30.1 Å². The van der Waals surface area contributed by atoms with Crippen LogP contribution >= 0.6 is 0 Å². The molecule has 2 heterocycles. The number of aliphatic imine (C=N–C) groups is 1. The van der Waals surface area contributed by atoms with Gasteiger partial charge >= 0.3 is 5.69 Å². The molecule has 1 aromatic heterocycles. The first-order valence-electron chi connectivity index (χ1n) is 12.6. The summed E-state index contributed by atoms with van der Waals surface area (Å²) in [6.45, 7) is 0.700. The molecule has 10 nitrogen and oxygen atoms in total. The van der Waals surface area contributed by atoms with E-state index < -0.39 is 52.3 Å². The van der Waals surface area contributed by atoms with Crippen molar-refractivity contribution in [3.05, 3.63) is 104 Å². The van der Waals surface area contributed by atoms with Crippen LogP contribution in [0.4, 0.5) is 36.1 Å². The Hall–Kier alpha value is -5.33. The van der Waals surface area contributed by atoms with Gasteiger partial charge in [0.1, 0.15) is 23.0 Å². The molecule has 42 heavy (non-hydrogen) atoms. The third-order valence-electron chi connectivity index (χ3n) is 6.81. The lowest BCUT2D eigenvalue weighted by molar-refractivity contribution is -0.114. The summed E-state index contributed by atoms with van der Waals surface area (Å²) in [6.07, 6.45) is 0. The summed E-state index contributed by atoms with van der Waals surface area (Å²) in [4.78, 5) is 45.5. The van der Waals surface area contributed by atoms with Crippen LogP contribution in [0.2, 0.25) is 0 Å². The number of aromatic nitrogens is 2. The van der Waals surface area contributed by atoms with E-state index in [4.69, 9.17) is 10.5 Å². The predicted molar refractivity (Wildman–Crippen MR) is 153 cm³/mol. The number of hydrogen-bond acceptors (Lipinski definition) is 7. The second-order valence-corrected chi connectivity index (χ2v) is 9.56. The Kier molecular flexibility index (Phi) is 7.33. The lowest BCUT2D eigenvalue weighted by Gasteiger charge is -2.28. The molecule has 13 heteroatoms. The number of halogens is 3. The maximum absolute atomic E-state index is 15.4. The minimum absolute atomic E-state index is 0.0167. The predicted octanol–water partition coefficient (Wildman–Crippen LogP) is 3.58. The molecule has 1 aliphatic heterocycles. The van der Waals surface area contributed by atoms with E-state index in [0.717, 1.165) is 16.7 Å². The van der Waals surface area contributed by atoms with Crippen LogP contribution in [-0.4, -0.2) is 41.5 Å². The molecule has 0 atom stereocenters. The van der Waals surface area contributed by atoms with Crippen LogP contribution in [0.3, 0.4) is 0 Å². The van der Waals surface area contributed by atoms with Gasteiger partial charge in [-0.1, -0.05) is 12.1 Å². The molecule has 0 spiro atoms. The number of hydrogen-bond donors (Lipinski definition) is 2. The Morgan fingerprint density at radius 1 is 1.05 bits per heavy atom. The van der Waals surface area contributed by atoms with Crippen molar-refractivity contribution >= 4 is 34.5 Å². The summed E-state index contributed by atoms with van der Waals surface area (Å²) < 4.78 is 51.1. The molecule has 0 aliphatic carbocycles. The first-order chi connectivity index (χ1) is 20.0. The second kappa shape index (κ2) is 10.9. The van der Waals surface area contributed by atoms with E-state index in [-0.39, 0.29) is 29.5 Å². The zero-order chi connectivity index (χ0) is 30.3. The molecule has 0 unspecified atom stereocenters. The van der Waals surface area contributed by atoms with E-state index in [0.29, 0.717) is 21.6 Å². The lowest BCUT2D eigenvalue weighted by atomic mass is 10.1. The molecule has 0 saturated heterocycles. The summed E-state index contributed by atoms with van der Waals surface area (Å²) in [5.74, 6) is -3.78. The van der Waals surface area contributed by atoms with E-state index in [1.807, 2.05) is 0 Å². The monoisotopic (exact) mass is 578 g/mol. The topological polar surface area (TPSA) is 124 Å². The maximum Gasteiger partial charge on any atom is 0.337 e. The standard InChI is InChI=1S/C29H25F3N6O4/c1-15(39)34-16-10-11-20-23(12-16)36(2)14-21(35-20)25-27(33)37(13-17-18(30)6-4-7-19(17)31)29(41)38(28(25)40)22-8-5-9-24(42-3)26(22)32/h4-12H,13-14,33H2,1-3H3,(H,34,39). The highest BCUT2D eigenvalue weighted by Crippen LogP contribution is 2.35. The van der Waals surface area contributed by atoms with Crippen molar-refractivity contribution in [3.63, 3.8) is 0 Å². The number of likely N-dealkylation sites (N-methyl/N-ethyl adjacent to an activating group) is 1. The highest BCUT2D eigenvalue weighted by molar-refractivity contribution is 6.10. The van der Waals surface area contributed by atoms with Crippen LogP contribution in [0.25, 0.3) is 5.69 Å². The number of amides is 1. The Morgan fingerprint density at radius 3 is 2.40 bits per heavy atom. The molecule has 216 valence electrons. The van der Waals surface area contributed by atoms with E-state index in [2.05, 4.69) is 10.3 Å². The van der Waals surface area contributed by atoms with Crippen LogP contribution < -0.4 is 31.9 Å². The number of methoxy groups -OCH3 is 1. The first-order valence-corrected chi connectivity index (χ1v) is 12.6. The SMILES string of the molecule is COc1cccc(-n2c(=O)c(C3=Nc4ccc(NC(C)=O)cc4N(C)C3)c(N)n(Cc3c(F)cccc3F)c2=O)c1F. The Balaban J connectivity index is 1.78. The number of benzene rings is 3. The fourth-order valence-corrected chi connectivity index (χ4v) is 4.80. The number of nitrogens with zero attached hydrogens (tertiary/aromatic N) is 4. The van der Waals surface area contributed by atoms with Gasteiger partial charge in [-0.3, -0.25) is 14.2 Å². The molecule has 0 radical (unpaired) electrons. The Labute approximate surface area is 237 Å². The number of fused-ring (bicyclic) bond motifs is 1. The summed E-state index contributed by atoms with van der Waals surface area (Å²) in [5, 5.41) is 2.69. The number of nitrogens with one attached hydrogen (secondary N) is 1. The number of anilines is 3. The van der Waals surface area contributed by atoms with Gasteiger partial charge in [0, 0.05) is 25.2 Å². The summed E-state index contributed by atoms with van der Waals surface area (Å²) in [6, 6.07) is 12.0. The van der Waals surface area contributed by atoms with Gasteiger partial charge in [0.15, 0.2) is 11.6 Å². The normalized spacial score (nSPS) is 12.5. The lowest BCUT2D eigenvalue weighted by Crippen LogP contribution is -2.45. The van der Waals surface area contributed by atoms with Crippen molar-refractivity contribution in [1.82, 2.24) is 9.13 Å². The number of ether oxygens (including phenoxy) is 1. The number of carbonyl (C=O) groups is 1. The van der Waals surface area contributed by atoms with Gasteiger partial charge in [-0.05, 0) is 42.5 Å². The van der Waals surface area contributed by atoms with E-state index >= 15 is 4.39 Å². The van der Waals surface area contributed by atoms with Gasteiger partial charge in [-0.2, -0.15) is 0 Å². The average Bonchev–Trinajstić information content (AvgIpc) is 2.93. The zero-order valence-corrected chi connectivity index (χ0v) is 22.7. The van der Waals surface area contributed by atoms with Gasteiger partial charge < -0.3 is 20.7 Å². The quantitative estimate of drug-likeness (QED) is 0.361. The summed E-state index contributed by atoms with van der Waals surface area (Å²) in [5.41, 5.74) is 4.80. The zero-order valence-electron chi connectivity index (χ0n) is 22.7. The van der Waals surface area contributed by atoms with Crippen molar-refractivity contribution in [1.29, 1.82) is 0 Å². The van der Waals surface area contributed by atoms with Crippen LogP contribution in [0, 0.1) is 17.5 Å². The van der Waals surface area contributed by atoms with Gasteiger partial charge in [-0.15, -0.1) is 0 Å². The molecule has 0 fully saturated rings. The highest BCUT2D eigenvalue weighted by Gasteiger charge is 2.28. The van der Waals surface area contributed by atoms with Gasteiger partial charge in [0.05, 0.1) is 43.0 Å². The van der Waals surface area contributed by atoms with Gasteiger partial charge in [-0.25, -0.2) is 27.5 Å². The van der Waals surface area contributed by atoms with Crippen LogP contribution in [-0.2, 0) is 11.3 Å². The molecular weight excluding hydrogens is 553 g/mol. The maximum atomic E-state index is 15.4. The third kappa shape index (κ3) is 4.89. The molecule has 0 bridgehead atoms. The molecule has 3 aromatic carbocycles. The van der Waals surface area contributed by atoms with Crippen LogP contribution in [0.1, 0.15) is 18.1 Å². The number of carbonyl (C=O) groups excluding carboxylic acids is 1. The fourth-order valence-electron chi connectivity index (χ4n) is 4.80. The molecule has 1 aliphatic rings. The summed E-state index contributed by atoms with van der Waals surface area (Å²) >= 11 is 0. The number of rotatable bonds is 6. The minimum Gasteiger partial charge on any atom is -0.494 e. The molecule has 3 N–H and O–H groups in total. The van der Waals surface area contributed by atoms with Crippen molar-refractivity contribution in [2.45, 2.75) is 13.5 Å². The third-order valence-corrected chi connectivity index (χ3v) is 6.81. The largest absolute Gasteiger partial charge is 0.494 e. The van der Waals surface area contributed by atoms with Gasteiger partial charge in [0.2, 0.25) is 5.91 Å². The minimum atomic E-state index is -1.12. The molecular formula is C29H25F3N6O4. The van der Waals surface area contributed by atoms with Gasteiger partial charge in [0.25, 0.3) is 5.56 Å². The van der Waals surface area contributed by atoms with Crippen molar-refractivity contribution in [2.24, 2.45) is 4.99 Å². The van der Waals surface area contributed by atoms with Crippen molar-refractivity contribution < 1.29 is 22.7 Å². The molecule has 0 saturated carbocycles. The van der Waals surface area contributed by atoms with Crippen LogP contribution in [0.15, 0.2) is 69.2 Å². The van der Waals surface area contributed by atoms with E-state index in [1.165, 1.54) is 38.3 Å². The molecule has 5 rings (SSSR count). The Morgan fingerprint density at radius 2 is 1.74 bits per heavy atom. The second-order valence-electron chi connectivity index (χ2n) is 9.56. The smallest absolute Gasteiger partial charge is 0.337 e. The summed E-state index contributed by atoms with van der Waals surface area (Å²) in [7, 11) is 2.94. The van der Waals surface area contributed by atoms with Crippen molar-refractivity contribution in [3.8, 4) is 11.4 Å². The number of nitrogens with two attached hydrogens (primary N) is 1. The highest BCUT2D eigenvalue weighted by atomic mass is 19.1. The fraction of sp³-hybridized carbons (Fsp3) is 0.172. The first kappa shape index (κ1) is 28.2. The average molecular weight is 579 g/mol. The van der Waals surface area contributed by atoms with Crippen LogP contribution in [0.5, 0.6) is 5.75 Å². The Bertz CT molecular complexity index is 1880.